The summed E-state index contributed by atoms with van der Waals surface area (Å²) in [5.41, 5.74) is 2.57. The Balaban J connectivity index is 1.82. The first kappa shape index (κ1) is 16.8. The molecular formula is C19H23N5O2. The van der Waals surface area contributed by atoms with Gasteiger partial charge in [0, 0.05) is 30.6 Å². The van der Waals surface area contributed by atoms with Gasteiger partial charge in [-0.1, -0.05) is 19.3 Å². The number of pyridine rings is 1. The molecule has 0 bridgehead atoms. The fourth-order valence-corrected chi connectivity index (χ4v) is 3.93. The molecule has 3 aromatic rings. The standard InChI is InChI=1S/C19H23N5O2/c1-2-23-19-16(12-21-23)18(20-11-13-6-4-3-5-7-13)15-10-14(24(25)26)8-9-17(15)22-19/h8-10,12-13H,2-7,11H2,1H3,(H,20,22). The SMILES string of the molecule is CCn1ncc2c(NCC3CCCCC3)c3cc([N+](=O)[O-])ccc3nc21. The third kappa shape index (κ3) is 2.98. The van der Waals surface area contributed by atoms with Crippen molar-refractivity contribution in [3.05, 3.63) is 34.5 Å². The van der Waals surface area contributed by atoms with Gasteiger partial charge in [0.1, 0.15) is 0 Å². The van der Waals surface area contributed by atoms with Crippen LogP contribution < -0.4 is 5.32 Å². The van der Waals surface area contributed by atoms with Crippen LogP contribution in [0, 0.1) is 16.0 Å². The van der Waals surface area contributed by atoms with E-state index in [1.165, 1.54) is 38.2 Å². The van der Waals surface area contributed by atoms with Gasteiger partial charge < -0.3 is 5.32 Å². The Morgan fingerprint density at radius 2 is 2.08 bits per heavy atom. The lowest BCUT2D eigenvalue weighted by Crippen LogP contribution is -2.17. The maximum Gasteiger partial charge on any atom is 0.270 e. The highest BCUT2D eigenvalue weighted by molar-refractivity contribution is 6.07. The van der Waals surface area contributed by atoms with Crippen LogP contribution in [0.3, 0.4) is 0 Å². The molecule has 0 radical (unpaired) electrons. The lowest BCUT2D eigenvalue weighted by molar-refractivity contribution is -0.384. The predicted molar refractivity (Wildman–Crippen MR) is 102 cm³/mol. The normalized spacial score (nSPS) is 15.6. The van der Waals surface area contributed by atoms with Gasteiger partial charge in [-0.15, -0.1) is 0 Å². The second kappa shape index (κ2) is 6.90. The van der Waals surface area contributed by atoms with Crippen LogP contribution in [0.2, 0.25) is 0 Å². The van der Waals surface area contributed by atoms with E-state index in [0.29, 0.717) is 5.92 Å². The third-order valence-corrected chi connectivity index (χ3v) is 5.36. The molecule has 0 aliphatic heterocycles. The number of anilines is 1. The number of hydrogen-bond acceptors (Lipinski definition) is 5. The van der Waals surface area contributed by atoms with Crippen LogP contribution in [-0.2, 0) is 6.54 Å². The first-order valence-corrected chi connectivity index (χ1v) is 9.35. The van der Waals surface area contributed by atoms with Crippen LogP contribution in [0.5, 0.6) is 0 Å². The molecule has 0 saturated heterocycles. The van der Waals surface area contributed by atoms with Crippen LogP contribution in [-0.4, -0.2) is 26.2 Å². The van der Waals surface area contributed by atoms with Crippen LogP contribution in [0.1, 0.15) is 39.0 Å². The highest BCUT2D eigenvalue weighted by atomic mass is 16.6. The zero-order valence-electron chi connectivity index (χ0n) is 14.9. The monoisotopic (exact) mass is 353 g/mol. The lowest BCUT2D eigenvalue weighted by atomic mass is 9.89. The van der Waals surface area contributed by atoms with Crippen LogP contribution in [0.15, 0.2) is 24.4 Å². The Labute approximate surface area is 151 Å². The van der Waals surface area contributed by atoms with E-state index in [1.807, 2.05) is 17.8 Å². The van der Waals surface area contributed by atoms with Crippen molar-refractivity contribution in [1.29, 1.82) is 0 Å². The summed E-state index contributed by atoms with van der Waals surface area (Å²) >= 11 is 0. The molecule has 7 heteroatoms. The van der Waals surface area contributed by atoms with Crippen molar-refractivity contribution >= 4 is 33.3 Å². The molecule has 26 heavy (non-hydrogen) atoms. The molecule has 4 rings (SSSR count). The summed E-state index contributed by atoms with van der Waals surface area (Å²) in [5.74, 6) is 0.655. The molecule has 1 saturated carbocycles. The Hall–Kier alpha value is -2.70. The molecule has 136 valence electrons. The van der Waals surface area contributed by atoms with Gasteiger partial charge in [0.05, 0.1) is 27.7 Å². The maximum atomic E-state index is 11.2. The highest BCUT2D eigenvalue weighted by Gasteiger charge is 2.18. The van der Waals surface area contributed by atoms with Gasteiger partial charge in [0.2, 0.25) is 0 Å². The third-order valence-electron chi connectivity index (χ3n) is 5.36. The molecule has 2 heterocycles. The summed E-state index contributed by atoms with van der Waals surface area (Å²) in [4.78, 5) is 15.6. The van der Waals surface area contributed by atoms with Crippen molar-refractivity contribution < 1.29 is 4.92 Å². The summed E-state index contributed by atoms with van der Waals surface area (Å²) < 4.78 is 1.86. The van der Waals surface area contributed by atoms with Gasteiger partial charge in [-0.3, -0.25) is 10.1 Å². The van der Waals surface area contributed by atoms with E-state index in [2.05, 4.69) is 10.4 Å². The van der Waals surface area contributed by atoms with Crippen LogP contribution >= 0.6 is 0 Å². The number of aryl methyl sites for hydroxylation is 1. The molecule has 1 aliphatic carbocycles. The Bertz CT molecular complexity index is 959. The molecule has 0 amide bonds. The average molecular weight is 353 g/mol. The fraction of sp³-hybridized carbons (Fsp3) is 0.474. The van der Waals surface area contributed by atoms with Gasteiger partial charge in [-0.05, 0) is 31.7 Å². The largest absolute Gasteiger partial charge is 0.384 e. The lowest BCUT2D eigenvalue weighted by Gasteiger charge is -2.23. The minimum Gasteiger partial charge on any atom is -0.384 e. The minimum atomic E-state index is -0.357. The second-order valence-corrected chi connectivity index (χ2v) is 7.03. The van der Waals surface area contributed by atoms with Gasteiger partial charge in [-0.2, -0.15) is 5.10 Å². The Morgan fingerprint density at radius 3 is 2.81 bits per heavy atom. The van der Waals surface area contributed by atoms with E-state index in [1.54, 1.807) is 12.1 Å². The quantitative estimate of drug-likeness (QED) is 0.539. The number of nitrogens with zero attached hydrogens (tertiary/aromatic N) is 4. The Morgan fingerprint density at radius 1 is 1.27 bits per heavy atom. The molecule has 0 unspecified atom stereocenters. The fourth-order valence-electron chi connectivity index (χ4n) is 3.93. The van der Waals surface area contributed by atoms with E-state index < -0.39 is 0 Å². The molecular weight excluding hydrogens is 330 g/mol. The van der Waals surface area contributed by atoms with Crippen molar-refractivity contribution in [2.45, 2.75) is 45.6 Å². The number of nitro groups is 1. The molecule has 1 N–H and O–H groups in total. The smallest absolute Gasteiger partial charge is 0.270 e. The molecule has 1 fully saturated rings. The molecule has 1 aliphatic rings. The summed E-state index contributed by atoms with van der Waals surface area (Å²) in [6, 6.07) is 4.86. The molecule has 1 aromatic carbocycles. The second-order valence-electron chi connectivity index (χ2n) is 7.03. The Kier molecular flexibility index (Phi) is 4.44. The van der Waals surface area contributed by atoms with E-state index >= 15 is 0 Å². The van der Waals surface area contributed by atoms with Gasteiger partial charge in [0.25, 0.3) is 5.69 Å². The first-order chi connectivity index (χ1) is 12.7. The van der Waals surface area contributed by atoms with Gasteiger partial charge >= 0.3 is 0 Å². The number of benzene rings is 1. The zero-order chi connectivity index (χ0) is 18.1. The van der Waals surface area contributed by atoms with Crippen LogP contribution in [0.4, 0.5) is 11.4 Å². The van der Waals surface area contributed by atoms with E-state index in [-0.39, 0.29) is 10.6 Å². The van der Waals surface area contributed by atoms with Crippen LogP contribution in [0.25, 0.3) is 21.9 Å². The predicted octanol–water partition coefficient (Wildman–Crippen LogP) is 4.50. The summed E-state index contributed by atoms with van der Waals surface area (Å²) in [6.45, 7) is 3.65. The van der Waals surface area contributed by atoms with E-state index in [9.17, 15) is 10.1 Å². The number of non-ortho nitro benzene ring substituents is 1. The van der Waals surface area contributed by atoms with Crippen molar-refractivity contribution in [2.24, 2.45) is 5.92 Å². The first-order valence-electron chi connectivity index (χ1n) is 9.35. The molecule has 0 spiro atoms. The maximum absolute atomic E-state index is 11.2. The number of hydrogen-bond donors (Lipinski definition) is 1. The molecule has 0 atom stereocenters. The van der Waals surface area contributed by atoms with E-state index in [0.717, 1.165) is 40.7 Å². The zero-order valence-corrected chi connectivity index (χ0v) is 14.9. The summed E-state index contributed by atoms with van der Waals surface area (Å²) in [5, 5.41) is 21.0. The van der Waals surface area contributed by atoms with Gasteiger partial charge in [-0.25, -0.2) is 9.67 Å². The van der Waals surface area contributed by atoms with E-state index in [4.69, 9.17) is 4.98 Å². The molecule has 7 nitrogen and oxygen atoms in total. The number of fused-ring (bicyclic) bond motifs is 2. The number of rotatable bonds is 5. The van der Waals surface area contributed by atoms with Crippen molar-refractivity contribution in [2.75, 3.05) is 11.9 Å². The summed E-state index contributed by atoms with van der Waals surface area (Å²) in [7, 11) is 0. The number of aromatic nitrogens is 3. The minimum absolute atomic E-state index is 0.0854. The van der Waals surface area contributed by atoms with Crippen molar-refractivity contribution in [1.82, 2.24) is 14.8 Å². The van der Waals surface area contributed by atoms with Crippen molar-refractivity contribution in [3.8, 4) is 0 Å². The number of nitro benzene ring substituents is 1. The average Bonchev–Trinajstić information content (AvgIpc) is 3.08. The molecule has 2 aromatic heterocycles. The highest BCUT2D eigenvalue weighted by Crippen LogP contribution is 2.34. The number of nitrogens with one attached hydrogen (secondary N) is 1. The van der Waals surface area contributed by atoms with Gasteiger partial charge in [0.15, 0.2) is 5.65 Å². The van der Waals surface area contributed by atoms with Crippen molar-refractivity contribution in [3.63, 3.8) is 0 Å². The summed E-state index contributed by atoms with van der Waals surface area (Å²) in [6.07, 6.45) is 8.21. The topological polar surface area (TPSA) is 85.9 Å².